The summed E-state index contributed by atoms with van der Waals surface area (Å²) in [4.78, 5) is 10.4. The first kappa shape index (κ1) is 11.3. The van der Waals surface area contributed by atoms with Crippen molar-refractivity contribution in [2.45, 2.75) is 19.3 Å². The first-order valence-electron chi connectivity index (χ1n) is 5.30. The summed E-state index contributed by atoms with van der Waals surface area (Å²) >= 11 is 0. The van der Waals surface area contributed by atoms with Crippen molar-refractivity contribution >= 4 is 5.97 Å². The SMILES string of the molecule is O=C(O)CCCc1ccc(-n2cnnn2)cc1. The lowest BCUT2D eigenvalue weighted by Gasteiger charge is -2.02. The molecule has 0 aliphatic rings. The van der Waals surface area contributed by atoms with Crippen molar-refractivity contribution in [3.05, 3.63) is 36.2 Å². The fourth-order valence-electron chi connectivity index (χ4n) is 1.54. The van der Waals surface area contributed by atoms with E-state index in [1.165, 1.54) is 6.33 Å². The van der Waals surface area contributed by atoms with Crippen molar-refractivity contribution in [3.63, 3.8) is 0 Å². The van der Waals surface area contributed by atoms with Gasteiger partial charge in [-0.2, -0.15) is 0 Å². The van der Waals surface area contributed by atoms with Gasteiger partial charge in [0.2, 0.25) is 0 Å². The molecule has 0 unspecified atom stereocenters. The van der Waals surface area contributed by atoms with Gasteiger partial charge in [-0.05, 0) is 41.0 Å². The Morgan fingerprint density at radius 1 is 1.29 bits per heavy atom. The summed E-state index contributed by atoms with van der Waals surface area (Å²) < 4.78 is 1.57. The molecular formula is C11H12N4O2. The first-order valence-corrected chi connectivity index (χ1v) is 5.30. The molecule has 0 fully saturated rings. The molecule has 6 heteroatoms. The molecule has 0 atom stereocenters. The van der Waals surface area contributed by atoms with Gasteiger partial charge >= 0.3 is 5.97 Å². The van der Waals surface area contributed by atoms with E-state index >= 15 is 0 Å². The van der Waals surface area contributed by atoms with Crippen LogP contribution in [-0.4, -0.2) is 31.3 Å². The molecule has 1 aromatic carbocycles. The zero-order chi connectivity index (χ0) is 12.1. The second kappa shape index (κ2) is 5.20. The maximum Gasteiger partial charge on any atom is 0.303 e. The van der Waals surface area contributed by atoms with Crippen LogP contribution < -0.4 is 0 Å². The van der Waals surface area contributed by atoms with Gasteiger partial charge in [-0.1, -0.05) is 12.1 Å². The molecule has 0 spiro atoms. The number of rotatable bonds is 5. The Labute approximate surface area is 97.9 Å². The number of hydrogen-bond acceptors (Lipinski definition) is 4. The van der Waals surface area contributed by atoms with E-state index in [0.29, 0.717) is 6.42 Å². The summed E-state index contributed by atoms with van der Waals surface area (Å²) in [5.74, 6) is -0.754. The Kier molecular flexibility index (Phi) is 3.44. The molecule has 2 rings (SSSR count). The standard InChI is InChI=1S/C11H12N4O2/c16-11(17)3-1-2-9-4-6-10(7-5-9)15-8-12-13-14-15/h4-8H,1-3H2,(H,16,17). The number of aromatic nitrogens is 4. The molecule has 1 N–H and O–H groups in total. The zero-order valence-corrected chi connectivity index (χ0v) is 9.15. The number of carboxylic acid groups (broad SMARTS) is 1. The molecule has 17 heavy (non-hydrogen) atoms. The number of nitrogens with zero attached hydrogens (tertiary/aromatic N) is 4. The number of aryl methyl sites for hydroxylation is 1. The van der Waals surface area contributed by atoms with E-state index in [0.717, 1.165) is 17.7 Å². The number of carbonyl (C=O) groups is 1. The van der Waals surface area contributed by atoms with E-state index in [9.17, 15) is 4.79 Å². The van der Waals surface area contributed by atoms with Crippen LogP contribution in [0.15, 0.2) is 30.6 Å². The number of tetrazole rings is 1. The molecule has 1 aromatic heterocycles. The Morgan fingerprint density at radius 3 is 2.65 bits per heavy atom. The minimum absolute atomic E-state index is 0.203. The summed E-state index contributed by atoms with van der Waals surface area (Å²) in [7, 11) is 0. The quantitative estimate of drug-likeness (QED) is 0.833. The second-order valence-electron chi connectivity index (χ2n) is 3.67. The van der Waals surface area contributed by atoms with E-state index in [2.05, 4.69) is 15.5 Å². The third-order valence-corrected chi connectivity index (χ3v) is 2.41. The molecule has 88 valence electrons. The van der Waals surface area contributed by atoms with E-state index in [1.807, 2.05) is 24.3 Å². The van der Waals surface area contributed by atoms with Crippen LogP contribution in [0.2, 0.25) is 0 Å². The van der Waals surface area contributed by atoms with Gasteiger partial charge in [-0.15, -0.1) is 5.10 Å². The van der Waals surface area contributed by atoms with Crippen molar-refractivity contribution < 1.29 is 9.90 Å². The molecule has 0 amide bonds. The lowest BCUT2D eigenvalue weighted by Crippen LogP contribution is -1.97. The largest absolute Gasteiger partial charge is 0.481 e. The molecule has 0 aliphatic heterocycles. The van der Waals surface area contributed by atoms with Crippen molar-refractivity contribution in [1.29, 1.82) is 0 Å². The van der Waals surface area contributed by atoms with Gasteiger partial charge in [0.15, 0.2) is 0 Å². The van der Waals surface area contributed by atoms with Gasteiger partial charge in [-0.25, -0.2) is 4.68 Å². The molecule has 1 heterocycles. The monoisotopic (exact) mass is 232 g/mol. The Bertz CT molecular complexity index is 479. The Balaban J connectivity index is 1.96. The van der Waals surface area contributed by atoms with E-state index in [1.54, 1.807) is 4.68 Å². The van der Waals surface area contributed by atoms with Crippen LogP contribution in [0.25, 0.3) is 5.69 Å². The minimum Gasteiger partial charge on any atom is -0.481 e. The van der Waals surface area contributed by atoms with Crippen LogP contribution >= 0.6 is 0 Å². The van der Waals surface area contributed by atoms with Crippen LogP contribution in [-0.2, 0) is 11.2 Å². The first-order chi connectivity index (χ1) is 8.25. The highest BCUT2D eigenvalue weighted by molar-refractivity contribution is 5.66. The van der Waals surface area contributed by atoms with E-state index in [4.69, 9.17) is 5.11 Å². The molecule has 6 nitrogen and oxygen atoms in total. The smallest absolute Gasteiger partial charge is 0.303 e. The lowest BCUT2D eigenvalue weighted by atomic mass is 10.1. The Hall–Kier alpha value is -2.24. The third-order valence-electron chi connectivity index (χ3n) is 2.41. The third kappa shape index (κ3) is 3.10. The highest BCUT2D eigenvalue weighted by Crippen LogP contribution is 2.10. The van der Waals surface area contributed by atoms with Gasteiger partial charge in [0.05, 0.1) is 5.69 Å². The lowest BCUT2D eigenvalue weighted by molar-refractivity contribution is -0.137. The van der Waals surface area contributed by atoms with Crippen molar-refractivity contribution in [2.24, 2.45) is 0 Å². The number of aliphatic carboxylic acids is 1. The van der Waals surface area contributed by atoms with Gasteiger partial charge in [0, 0.05) is 6.42 Å². The normalized spacial score (nSPS) is 10.4. The predicted molar refractivity (Wildman–Crippen MR) is 59.7 cm³/mol. The molecule has 2 aromatic rings. The van der Waals surface area contributed by atoms with Crippen LogP contribution in [0.5, 0.6) is 0 Å². The van der Waals surface area contributed by atoms with E-state index in [-0.39, 0.29) is 6.42 Å². The molecule has 0 radical (unpaired) electrons. The minimum atomic E-state index is -0.754. The zero-order valence-electron chi connectivity index (χ0n) is 9.15. The van der Waals surface area contributed by atoms with Gasteiger partial charge in [0.25, 0.3) is 0 Å². The van der Waals surface area contributed by atoms with Crippen LogP contribution in [0.4, 0.5) is 0 Å². The molecular weight excluding hydrogens is 220 g/mol. The summed E-state index contributed by atoms with van der Waals surface area (Å²) in [6, 6.07) is 7.73. The highest BCUT2D eigenvalue weighted by atomic mass is 16.4. The van der Waals surface area contributed by atoms with Crippen molar-refractivity contribution in [2.75, 3.05) is 0 Å². The van der Waals surface area contributed by atoms with Crippen LogP contribution in [0.3, 0.4) is 0 Å². The number of benzene rings is 1. The van der Waals surface area contributed by atoms with Gasteiger partial charge in [0.1, 0.15) is 6.33 Å². The van der Waals surface area contributed by atoms with E-state index < -0.39 is 5.97 Å². The number of hydrogen-bond donors (Lipinski definition) is 1. The van der Waals surface area contributed by atoms with Gasteiger partial charge in [-0.3, -0.25) is 4.79 Å². The van der Waals surface area contributed by atoms with Crippen molar-refractivity contribution in [3.8, 4) is 5.69 Å². The average Bonchev–Trinajstić information content (AvgIpc) is 2.83. The summed E-state index contributed by atoms with van der Waals surface area (Å²) in [5, 5.41) is 19.4. The van der Waals surface area contributed by atoms with Crippen molar-refractivity contribution in [1.82, 2.24) is 20.2 Å². The highest BCUT2D eigenvalue weighted by Gasteiger charge is 2.00. The predicted octanol–water partition coefficient (Wildman–Crippen LogP) is 1.07. The molecule has 0 bridgehead atoms. The van der Waals surface area contributed by atoms with Crippen LogP contribution in [0.1, 0.15) is 18.4 Å². The van der Waals surface area contributed by atoms with Gasteiger partial charge < -0.3 is 5.11 Å². The fourth-order valence-corrected chi connectivity index (χ4v) is 1.54. The maximum atomic E-state index is 10.4. The maximum absolute atomic E-state index is 10.4. The average molecular weight is 232 g/mol. The summed E-state index contributed by atoms with van der Waals surface area (Å²) in [6.45, 7) is 0. The second-order valence-corrected chi connectivity index (χ2v) is 3.67. The van der Waals surface area contributed by atoms with Crippen LogP contribution in [0, 0.1) is 0 Å². The Morgan fingerprint density at radius 2 is 2.06 bits per heavy atom. The number of carboxylic acids is 1. The fraction of sp³-hybridized carbons (Fsp3) is 0.273. The molecule has 0 aliphatic carbocycles. The molecule has 0 saturated carbocycles. The topological polar surface area (TPSA) is 80.9 Å². The summed E-state index contributed by atoms with van der Waals surface area (Å²) in [6.07, 6.45) is 3.15. The molecule has 0 saturated heterocycles. The summed E-state index contributed by atoms with van der Waals surface area (Å²) in [5.41, 5.74) is 2.00.